The van der Waals surface area contributed by atoms with Crippen molar-refractivity contribution in [1.29, 1.82) is 0 Å². The van der Waals surface area contributed by atoms with Crippen molar-refractivity contribution in [2.24, 2.45) is 0 Å². The number of carbonyl (C=O) groups excluding carboxylic acids is 1. The fraction of sp³-hybridized carbons (Fsp3) is 0.222. The molecule has 2 aromatic carbocycles. The lowest BCUT2D eigenvalue weighted by atomic mass is 9.99. The van der Waals surface area contributed by atoms with Crippen molar-refractivity contribution < 1.29 is 14.7 Å². The molecule has 25 heavy (non-hydrogen) atoms. The molecule has 0 saturated heterocycles. The van der Waals surface area contributed by atoms with E-state index >= 15 is 0 Å². The summed E-state index contributed by atoms with van der Waals surface area (Å²) in [7, 11) is 0. The quantitative estimate of drug-likeness (QED) is 0.723. The van der Waals surface area contributed by atoms with Gasteiger partial charge in [-0.2, -0.15) is 0 Å². The van der Waals surface area contributed by atoms with Crippen molar-refractivity contribution in [3.63, 3.8) is 0 Å². The molecule has 0 aliphatic carbocycles. The van der Waals surface area contributed by atoms with Gasteiger partial charge in [0, 0.05) is 29.4 Å². The molecule has 1 aliphatic rings. The van der Waals surface area contributed by atoms with Gasteiger partial charge in [-0.1, -0.05) is 6.07 Å². The minimum Gasteiger partial charge on any atom is -0.465 e. The molecule has 130 valence electrons. The summed E-state index contributed by atoms with van der Waals surface area (Å²) >= 11 is 1.65. The number of carboxylic acid groups (broad SMARTS) is 1. The molecule has 0 bridgehead atoms. The normalized spacial score (nSPS) is 13.1. The summed E-state index contributed by atoms with van der Waals surface area (Å²) in [6.45, 7) is 0.860. The number of carbonyl (C=O) groups is 2. The monoisotopic (exact) mass is 357 g/mol. The van der Waals surface area contributed by atoms with Crippen LogP contribution in [0.4, 0.5) is 21.0 Å². The summed E-state index contributed by atoms with van der Waals surface area (Å²) in [6.07, 6.45) is 1.75. The highest BCUT2D eigenvalue weighted by atomic mass is 32.2. The van der Waals surface area contributed by atoms with Crippen LogP contribution in [0.25, 0.3) is 0 Å². The predicted molar refractivity (Wildman–Crippen MR) is 99.4 cm³/mol. The molecule has 2 aromatic rings. The first-order valence-corrected chi connectivity index (χ1v) is 9.09. The minimum atomic E-state index is -0.903. The number of thioether (sulfide) groups is 1. The number of benzene rings is 2. The van der Waals surface area contributed by atoms with Crippen molar-refractivity contribution in [3.8, 4) is 0 Å². The van der Waals surface area contributed by atoms with Crippen LogP contribution in [0.5, 0.6) is 0 Å². The molecule has 6 nitrogen and oxygen atoms in total. The van der Waals surface area contributed by atoms with Crippen LogP contribution in [0.15, 0.2) is 47.4 Å². The molecule has 3 rings (SSSR count). The van der Waals surface area contributed by atoms with Crippen molar-refractivity contribution >= 4 is 35.3 Å². The zero-order valence-corrected chi connectivity index (χ0v) is 14.6. The van der Waals surface area contributed by atoms with E-state index in [1.54, 1.807) is 17.8 Å². The van der Waals surface area contributed by atoms with E-state index in [9.17, 15) is 9.59 Å². The summed E-state index contributed by atoms with van der Waals surface area (Å²) in [4.78, 5) is 25.7. The van der Waals surface area contributed by atoms with Crippen molar-refractivity contribution in [2.75, 3.05) is 23.4 Å². The molecular weight excluding hydrogens is 338 g/mol. The average molecular weight is 357 g/mol. The molecule has 3 N–H and O–H groups in total. The van der Waals surface area contributed by atoms with E-state index < -0.39 is 6.09 Å². The van der Waals surface area contributed by atoms with Crippen LogP contribution >= 0.6 is 11.8 Å². The van der Waals surface area contributed by atoms with E-state index in [1.807, 2.05) is 42.7 Å². The van der Waals surface area contributed by atoms with E-state index in [0.717, 1.165) is 21.7 Å². The van der Waals surface area contributed by atoms with Crippen LogP contribution in [0, 0.1) is 0 Å². The highest BCUT2D eigenvalue weighted by Crippen LogP contribution is 2.23. The van der Waals surface area contributed by atoms with Gasteiger partial charge in [0.1, 0.15) is 0 Å². The van der Waals surface area contributed by atoms with E-state index in [0.29, 0.717) is 25.2 Å². The first-order chi connectivity index (χ1) is 12.0. The van der Waals surface area contributed by atoms with Gasteiger partial charge in [-0.15, -0.1) is 11.8 Å². The Morgan fingerprint density at radius 1 is 1.04 bits per heavy atom. The molecule has 0 radical (unpaired) electrons. The van der Waals surface area contributed by atoms with Gasteiger partial charge in [0.05, 0.1) is 0 Å². The largest absolute Gasteiger partial charge is 0.465 e. The third-order valence-corrected chi connectivity index (χ3v) is 4.84. The Balaban J connectivity index is 1.63. The van der Waals surface area contributed by atoms with E-state index in [4.69, 9.17) is 5.11 Å². The first kappa shape index (κ1) is 17.2. The maximum absolute atomic E-state index is 12.1. The second-order valence-electron chi connectivity index (χ2n) is 5.75. The van der Waals surface area contributed by atoms with Gasteiger partial charge < -0.3 is 20.6 Å². The standard InChI is InChI=1S/C18H19N3O3S/c1-25-16-6-4-14(5-7-16)19-17(22)20-15-3-2-13-11-21(18(23)24)9-8-12(13)10-15/h2-7,10H,8-9,11H2,1H3,(H,23,24)(H2,19,20,22). The number of hydrogen-bond donors (Lipinski definition) is 3. The second kappa shape index (κ2) is 7.48. The summed E-state index contributed by atoms with van der Waals surface area (Å²) in [6, 6.07) is 12.9. The number of anilines is 2. The Kier molecular flexibility index (Phi) is 5.14. The fourth-order valence-corrected chi connectivity index (χ4v) is 3.17. The first-order valence-electron chi connectivity index (χ1n) is 7.87. The van der Waals surface area contributed by atoms with Gasteiger partial charge in [0.2, 0.25) is 0 Å². The number of fused-ring (bicyclic) bond motifs is 1. The third-order valence-electron chi connectivity index (χ3n) is 4.09. The Labute approximate surface area is 150 Å². The maximum Gasteiger partial charge on any atom is 0.407 e. The van der Waals surface area contributed by atoms with Gasteiger partial charge in [-0.05, 0) is 60.2 Å². The molecule has 7 heteroatoms. The van der Waals surface area contributed by atoms with Gasteiger partial charge >= 0.3 is 12.1 Å². The Morgan fingerprint density at radius 2 is 1.72 bits per heavy atom. The molecule has 0 saturated carbocycles. The lowest BCUT2D eigenvalue weighted by Crippen LogP contribution is -2.34. The van der Waals surface area contributed by atoms with Gasteiger partial charge in [-0.3, -0.25) is 0 Å². The molecule has 1 heterocycles. The Hall–Kier alpha value is -2.67. The molecule has 0 spiro atoms. The van der Waals surface area contributed by atoms with Gasteiger partial charge in [0.25, 0.3) is 0 Å². The Bertz CT molecular complexity index is 793. The summed E-state index contributed by atoms with van der Waals surface area (Å²) < 4.78 is 0. The summed E-state index contributed by atoms with van der Waals surface area (Å²) in [5, 5.41) is 14.7. The summed E-state index contributed by atoms with van der Waals surface area (Å²) in [5.41, 5.74) is 3.47. The van der Waals surface area contributed by atoms with E-state index in [-0.39, 0.29) is 6.03 Å². The van der Waals surface area contributed by atoms with Crippen LogP contribution < -0.4 is 10.6 Å². The maximum atomic E-state index is 12.1. The molecule has 0 atom stereocenters. The zero-order chi connectivity index (χ0) is 17.8. The number of nitrogens with zero attached hydrogens (tertiary/aromatic N) is 1. The SMILES string of the molecule is CSc1ccc(NC(=O)Nc2ccc3c(c2)CCN(C(=O)O)C3)cc1. The molecule has 0 fully saturated rings. The summed E-state index contributed by atoms with van der Waals surface area (Å²) in [5.74, 6) is 0. The van der Waals surface area contributed by atoms with Crippen LogP contribution in [0.3, 0.4) is 0 Å². The highest BCUT2D eigenvalue weighted by molar-refractivity contribution is 7.98. The average Bonchev–Trinajstić information content (AvgIpc) is 2.61. The number of rotatable bonds is 3. The van der Waals surface area contributed by atoms with Gasteiger partial charge in [0.15, 0.2) is 0 Å². The third kappa shape index (κ3) is 4.24. The van der Waals surface area contributed by atoms with E-state index in [2.05, 4.69) is 10.6 Å². The molecule has 0 aromatic heterocycles. The number of amides is 3. The Morgan fingerprint density at radius 3 is 2.40 bits per heavy atom. The molecule has 3 amide bonds. The van der Waals surface area contributed by atoms with Gasteiger partial charge in [-0.25, -0.2) is 9.59 Å². The van der Waals surface area contributed by atoms with Crippen LogP contribution in [-0.2, 0) is 13.0 Å². The van der Waals surface area contributed by atoms with E-state index in [1.165, 1.54) is 4.90 Å². The molecule has 1 aliphatic heterocycles. The fourth-order valence-electron chi connectivity index (χ4n) is 2.76. The zero-order valence-electron chi connectivity index (χ0n) is 13.8. The molecule has 0 unspecified atom stereocenters. The number of hydrogen-bond acceptors (Lipinski definition) is 3. The minimum absolute atomic E-state index is 0.306. The molecular formula is C18H19N3O3S. The highest BCUT2D eigenvalue weighted by Gasteiger charge is 2.20. The van der Waals surface area contributed by atoms with Crippen molar-refractivity contribution in [2.45, 2.75) is 17.9 Å². The lowest BCUT2D eigenvalue weighted by Gasteiger charge is -2.26. The van der Waals surface area contributed by atoms with Crippen LogP contribution in [0.1, 0.15) is 11.1 Å². The van der Waals surface area contributed by atoms with Crippen molar-refractivity contribution in [3.05, 3.63) is 53.6 Å². The smallest absolute Gasteiger partial charge is 0.407 e. The number of urea groups is 1. The second-order valence-corrected chi connectivity index (χ2v) is 6.62. The van der Waals surface area contributed by atoms with Crippen LogP contribution in [-0.4, -0.2) is 34.9 Å². The number of nitrogens with one attached hydrogen (secondary N) is 2. The lowest BCUT2D eigenvalue weighted by molar-refractivity contribution is 0.140. The van der Waals surface area contributed by atoms with Crippen molar-refractivity contribution in [1.82, 2.24) is 4.90 Å². The topological polar surface area (TPSA) is 81.7 Å². The predicted octanol–water partition coefficient (Wildman–Crippen LogP) is 4.09. The van der Waals surface area contributed by atoms with Crippen LogP contribution in [0.2, 0.25) is 0 Å².